The van der Waals surface area contributed by atoms with E-state index in [4.69, 9.17) is 10.9 Å². The fraction of sp³-hybridized carbons (Fsp3) is 0.571. The minimum absolute atomic E-state index is 0.0191. The normalized spacial score (nSPS) is 25.4. The summed E-state index contributed by atoms with van der Waals surface area (Å²) in [6.45, 7) is 4.52. The maximum absolute atomic E-state index is 10.1. The minimum atomic E-state index is -0.549. The highest BCUT2D eigenvalue weighted by Gasteiger charge is 2.24. The van der Waals surface area contributed by atoms with Crippen LogP contribution < -0.4 is 5.73 Å². The van der Waals surface area contributed by atoms with E-state index in [0.717, 1.165) is 44.5 Å². The number of oxime groups is 1. The first kappa shape index (κ1) is 14.7. The van der Waals surface area contributed by atoms with Crippen LogP contribution >= 0.6 is 0 Å². The average molecular weight is 278 g/mol. The van der Waals surface area contributed by atoms with E-state index in [1.54, 1.807) is 6.20 Å². The van der Waals surface area contributed by atoms with Gasteiger partial charge in [0.1, 0.15) is 5.69 Å². The SMILES string of the molecule is CC1(O)CCCN(Cc2ccnc(/C(N)=N/O)c2)CC1. The lowest BCUT2D eigenvalue weighted by Gasteiger charge is -2.22. The van der Waals surface area contributed by atoms with Gasteiger partial charge in [-0.3, -0.25) is 9.88 Å². The van der Waals surface area contributed by atoms with Gasteiger partial charge >= 0.3 is 0 Å². The molecule has 1 aliphatic heterocycles. The molecule has 0 spiro atoms. The molecule has 2 rings (SSSR count). The van der Waals surface area contributed by atoms with Crippen LogP contribution in [0.15, 0.2) is 23.5 Å². The van der Waals surface area contributed by atoms with Gasteiger partial charge in [-0.05, 0) is 50.4 Å². The molecule has 1 fully saturated rings. The van der Waals surface area contributed by atoms with Gasteiger partial charge in [0.15, 0.2) is 5.84 Å². The molecule has 1 aliphatic rings. The van der Waals surface area contributed by atoms with Gasteiger partial charge in [-0.2, -0.15) is 0 Å². The van der Waals surface area contributed by atoms with E-state index in [1.165, 1.54) is 0 Å². The molecule has 1 saturated heterocycles. The summed E-state index contributed by atoms with van der Waals surface area (Å²) in [5.74, 6) is 0.0191. The average Bonchev–Trinajstić information content (AvgIpc) is 2.60. The molecule has 0 radical (unpaired) electrons. The number of hydrogen-bond acceptors (Lipinski definition) is 5. The van der Waals surface area contributed by atoms with Crippen LogP contribution in [0.5, 0.6) is 0 Å². The third-order valence-electron chi connectivity index (χ3n) is 3.76. The number of rotatable bonds is 3. The quantitative estimate of drug-likeness (QED) is 0.331. The molecular formula is C14H22N4O2. The standard InChI is InChI=1S/C14H22N4O2/c1-14(19)4-2-7-18(8-5-14)10-11-3-6-16-12(9-11)13(15)17-20/h3,6,9,19-20H,2,4-5,7-8,10H2,1H3,(H2,15,17). The highest BCUT2D eigenvalue weighted by atomic mass is 16.4. The molecule has 2 heterocycles. The molecule has 0 saturated carbocycles. The molecule has 0 aliphatic carbocycles. The van der Waals surface area contributed by atoms with Gasteiger partial charge in [-0.15, -0.1) is 0 Å². The van der Waals surface area contributed by atoms with Crippen molar-refractivity contribution in [3.63, 3.8) is 0 Å². The summed E-state index contributed by atoms with van der Waals surface area (Å²) in [6.07, 6.45) is 4.28. The first-order valence-electron chi connectivity index (χ1n) is 6.88. The first-order chi connectivity index (χ1) is 9.50. The number of nitrogens with two attached hydrogens (primary N) is 1. The van der Waals surface area contributed by atoms with Crippen LogP contribution in [-0.2, 0) is 6.54 Å². The summed E-state index contributed by atoms with van der Waals surface area (Å²) < 4.78 is 0. The van der Waals surface area contributed by atoms with Crippen LogP contribution in [-0.4, -0.2) is 44.7 Å². The Kier molecular flexibility index (Phi) is 4.57. The van der Waals surface area contributed by atoms with E-state index in [1.807, 2.05) is 19.1 Å². The van der Waals surface area contributed by atoms with Gasteiger partial charge in [0.05, 0.1) is 5.60 Å². The number of pyridine rings is 1. The monoisotopic (exact) mass is 278 g/mol. The Morgan fingerprint density at radius 1 is 1.50 bits per heavy atom. The highest BCUT2D eigenvalue weighted by molar-refractivity contribution is 5.95. The number of aliphatic hydroxyl groups is 1. The lowest BCUT2D eigenvalue weighted by Crippen LogP contribution is -2.28. The van der Waals surface area contributed by atoms with E-state index in [-0.39, 0.29) is 5.84 Å². The van der Waals surface area contributed by atoms with Crippen molar-refractivity contribution in [3.05, 3.63) is 29.6 Å². The van der Waals surface area contributed by atoms with Crippen LogP contribution in [0, 0.1) is 0 Å². The first-order valence-corrected chi connectivity index (χ1v) is 6.88. The van der Waals surface area contributed by atoms with E-state index in [9.17, 15) is 5.11 Å². The molecule has 110 valence electrons. The summed E-state index contributed by atoms with van der Waals surface area (Å²) in [5, 5.41) is 21.7. The van der Waals surface area contributed by atoms with Crippen molar-refractivity contribution in [2.45, 2.75) is 38.3 Å². The lowest BCUT2D eigenvalue weighted by atomic mass is 9.98. The predicted octanol–water partition coefficient (Wildman–Crippen LogP) is 0.913. The van der Waals surface area contributed by atoms with Gasteiger partial charge < -0.3 is 16.0 Å². The summed E-state index contributed by atoms with van der Waals surface area (Å²) in [7, 11) is 0. The van der Waals surface area contributed by atoms with Gasteiger partial charge in [0.2, 0.25) is 0 Å². The predicted molar refractivity (Wildman–Crippen MR) is 76.5 cm³/mol. The fourth-order valence-electron chi connectivity index (χ4n) is 2.50. The fourth-order valence-corrected chi connectivity index (χ4v) is 2.50. The topological polar surface area (TPSA) is 95.0 Å². The molecule has 1 aromatic rings. The Labute approximate surface area is 118 Å². The van der Waals surface area contributed by atoms with Crippen LogP contribution in [0.4, 0.5) is 0 Å². The Morgan fingerprint density at radius 2 is 2.30 bits per heavy atom. The largest absolute Gasteiger partial charge is 0.409 e. The summed E-state index contributed by atoms with van der Waals surface area (Å²) in [4.78, 5) is 6.38. The van der Waals surface area contributed by atoms with Crippen molar-refractivity contribution < 1.29 is 10.3 Å². The van der Waals surface area contributed by atoms with E-state index < -0.39 is 5.60 Å². The molecule has 0 bridgehead atoms. The molecule has 20 heavy (non-hydrogen) atoms. The zero-order valence-electron chi connectivity index (χ0n) is 11.8. The van der Waals surface area contributed by atoms with Crippen LogP contribution in [0.2, 0.25) is 0 Å². The Balaban J connectivity index is 2.03. The Hall–Kier alpha value is -1.66. The minimum Gasteiger partial charge on any atom is -0.409 e. The molecule has 0 amide bonds. The zero-order valence-corrected chi connectivity index (χ0v) is 11.8. The van der Waals surface area contributed by atoms with E-state index in [0.29, 0.717) is 5.69 Å². The summed E-state index contributed by atoms with van der Waals surface area (Å²) in [5.41, 5.74) is 6.55. The number of hydrogen-bond donors (Lipinski definition) is 3. The van der Waals surface area contributed by atoms with Crippen molar-refractivity contribution in [2.24, 2.45) is 10.9 Å². The highest BCUT2D eigenvalue weighted by Crippen LogP contribution is 2.22. The molecule has 1 aromatic heterocycles. The lowest BCUT2D eigenvalue weighted by molar-refractivity contribution is 0.0444. The van der Waals surface area contributed by atoms with Crippen molar-refractivity contribution in [1.29, 1.82) is 0 Å². The van der Waals surface area contributed by atoms with Gasteiger partial charge in [-0.1, -0.05) is 5.16 Å². The van der Waals surface area contributed by atoms with Crippen LogP contribution in [0.25, 0.3) is 0 Å². The molecule has 1 atom stereocenters. The smallest absolute Gasteiger partial charge is 0.188 e. The zero-order chi connectivity index (χ0) is 14.6. The van der Waals surface area contributed by atoms with Crippen LogP contribution in [0.3, 0.4) is 0 Å². The van der Waals surface area contributed by atoms with Crippen molar-refractivity contribution >= 4 is 5.84 Å². The third-order valence-corrected chi connectivity index (χ3v) is 3.76. The number of aromatic nitrogens is 1. The number of nitrogens with zero attached hydrogens (tertiary/aromatic N) is 3. The maximum atomic E-state index is 10.1. The number of amidine groups is 1. The summed E-state index contributed by atoms with van der Waals surface area (Å²) >= 11 is 0. The van der Waals surface area contributed by atoms with Gasteiger partial charge in [0.25, 0.3) is 0 Å². The Morgan fingerprint density at radius 3 is 3.05 bits per heavy atom. The second-order valence-electron chi connectivity index (χ2n) is 5.66. The molecule has 1 unspecified atom stereocenters. The molecular weight excluding hydrogens is 256 g/mol. The second kappa shape index (κ2) is 6.19. The molecule has 6 nitrogen and oxygen atoms in total. The Bertz CT molecular complexity index is 488. The third kappa shape index (κ3) is 3.91. The number of likely N-dealkylation sites (tertiary alicyclic amines) is 1. The summed E-state index contributed by atoms with van der Waals surface area (Å²) in [6, 6.07) is 3.76. The van der Waals surface area contributed by atoms with Crippen LogP contribution in [0.1, 0.15) is 37.4 Å². The van der Waals surface area contributed by atoms with E-state index in [2.05, 4.69) is 15.0 Å². The van der Waals surface area contributed by atoms with Crippen molar-refractivity contribution in [2.75, 3.05) is 13.1 Å². The van der Waals surface area contributed by atoms with Gasteiger partial charge in [0, 0.05) is 19.3 Å². The molecule has 0 aromatic carbocycles. The second-order valence-corrected chi connectivity index (χ2v) is 5.66. The van der Waals surface area contributed by atoms with Gasteiger partial charge in [-0.25, -0.2) is 0 Å². The van der Waals surface area contributed by atoms with Crippen molar-refractivity contribution in [1.82, 2.24) is 9.88 Å². The molecule has 4 N–H and O–H groups in total. The van der Waals surface area contributed by atoms with E-state index >= 15 is 0 Å². The maximum Gasteiger partial charge on any atom is 0.188 e. The molecule has 6 heteroatoms. The van der Waals surface area contributed by atoms with Crippen molar-refractivity contribution in [3.8, 4) is 0 Å².